The summed E-state index contributed by atoms with van der Waals surface area (Å²) in [6.45, 7) is 1.85. The van der Waals surface area contributed by atoms with Crippen LogP contribution in [0.3, 0.4) is 0 Å². The van der Waals surface area contributed by atoms with Crippen molar-refractivity contribution in [3.05, 3.63) is 89.3 Å². The van der Waals surface area contributed by atoms with Gasteiger partial charge >= 0.3 is 6.18 Å². The van der Waals surface area contributed by atoms with Gasteiger partial charge in [-0.3, -0.25) is 0 Å². The summed E-state index contributed by atoms with van der Waals surface area (Å²) in [7, 11) is 0. The van der Waals surface area contributed by atoms with Crippen LogP contribution in [0.1, 0.15) is 23.6 Å². The summed E-state index contributed by atoms with van der Waals surface area (Å²) in [5.74, 6) is -2.72. The molecule has 3 aromatic rings. The van der Waals surface area contributed by atoms with Gasteiger partial charge in [-0.1, -0.05) is 25.1 Å². The van der Waals surface area contributed by atoms with Gasteiger partial charge in [-0.2, -0.15) is 18.3 Å². The van der Waals surface area contributed by atoms with Crippen molar-refractivity contribution < 1.29 is 40.9 Å². The van der Waals surface area contributed by atoms with E-state index < -0.39 is 46.3 Å². The number of hydrogen-bond donors (Lipinski definition) is 1. The van der Waals surface area contributed by atoms with E-state index in [1.165, 1.54) is 47.3 Å². The first-order valence-electron chi connectivity index (χ1n) is 11.4. The molecule has 1 aliphatic rings. The summed E-state index contributed by atoms with van der Waals surface area (Å²) in [6.07, 6.45) is -0.228. The Morgan fingerprint density at radius 1 is 1.11 bits per heavy atom. The summed E-state index contributed by atoms with van der Waals surface area (Å²) in [5.41, 5.74) is -3.05. The highest BCUT2D eigenvalue weighted by molar-refractivity contribution is 8.00. The van der Waals surface area contributed by atoms with Crippen LogP contribution in [0.15, 0.2) is 55.1 Å². The number of rotatable bonds is 8. The normalized spacial score (nSPS) is 20.9. The molecule has 1 saturated heterocycles. The number of halogens is 6. The van der Waals surface area contributed by atoms with Gasteiger partial charge in [0.15, 0.2) is 6.29 Å². The Kier molecular flexibility index (Phi) is 8.50. The highest BCUT2D eigenvalue weighted by Crippen LogP contribution is 2.39. The van der Waals surface area contributed by atoms with Crippen molar-refractivity contribution in [1.82, 2.24) is 14.8 Å². The molecule has 38 heavy (non-hydrogen) atoms. The zero-order valence-electron chi connectivity index (χ0n) is 19.9. The molecule has 4 rings (SSSR count). The van der Waals surface area contributed by atoms with Gasteiger partial charge in [0.2, 0.25) is 0 Å². The van der Waals surface area contributed by atoms with Gasteiger partial charge < -0.3 is 14.6 Å². The SMILES string of the molecule is C[C@@H](S[C@H]1CO[C@H](/C=C/c2ccc(C(F)(F)F)cc2F)OC1)[C@](O)(Cn1cncn1)c1ccc(F)cc1F. The molecule has 13 heteroatoms. The third-order valence-corrected chi connectivity index (χ3v) is 7.44. The van der Waals surface area contributed by atoms with E-state index in [1.54, 1.807) is 6.92 Å². The molecule has 6 nitrogen and oxygen atoms in total. The van der Waals surface area contributed by atoms with Crippen LogP contribution in [0, 0.1) is 17.5 Å². The number of alkyl halides is 3. The van der Waals surface area contributed by atoms with Crippen molar-refractivity contribution in [2.75, 3.05) is 13.2 Å². The maximum absolute atomic E-state index is 14.7. The van der Waals surface area contributed by atoms with Crippen molar-refractivity contribution in [2.24, 2.45) is 0 Å². The average molecular weight is 560 g/mol. The number of aliphatic hydroxyl groups is 1. The molecule has 2 aromatic carbocycles. The van der Waals surface area contributed by atoms with Crippen molar-refractivity contribution in [3.63, 3.8) is 0 Å². The van der Waals surface area contributed by atoms with Crippen LogP contribution in [-0.2, 0) is 27.8 Å². The Labute approximate surface area is 218 Å². The summed E-state index contributed by atoms with van der Waals surface area (Å²) < 4.78 is 93.0. The van der Waals surface area contributed by atoms with Crippen molar-refractivity contribution in [2.45, 2.75) is 42.0 Å². The molecule has 0 radical (unpaired) electrons. The molecule has 0 amide bonds. The first-order valence-corrected chi connectivity index (χ1v) is 12.3. The van der Waals surface area contributed by atoms with E-state index in [-0.39, 0.29) is 36.1 Å². The molecule has 2 atom stereocenters. The quantitative estimate of drug-likeness (QED) is 0.384. The number of hydrogen-bond acceptors (Lipinski definition) is 6. The summed E-state index contributed by atoms with van der Waals surface area (Å²) in [4.78, 5) is 3.84. The second kappa shape index (κ2) is 11.5. The molecule has 204 valence electrons. The van der Waals surface area contributed by atoms with Gasteiger partial charge in [0.25, 0.3) is 0 Å². The zero-order valence-corrected chi connectivity index (χ0v) is 20.7. The maximum atomic E-state index is 14.7. The summed E-state index contributed by atoms with van der Waals surface area (Å²) in [5, 5.41) is 14.7. The standard InChI is InChI=1S/C25H23F6N3O3S/c1-15(24(35,12-34-14-32-13-33-34)20-6-5-18(26)9-22(20)28)38-19-10-36-23(37-11-19)7-3-16-2-4-17(8-21(16)27)25(29,30)31/h2-9,13-15,19,23,35H,10-12H2,1H3/b7-3+/t15-,19-,23-,24-/m1/s1. The topological polar surface area (TPSA) is 69.4 Å². The van der Waals surface area contributed by atoms with E-state index in [2.05, 4.69) is 10.1 Å². The lowest BCUT2D eigenvalue weighted by molar-refractivity contribution is -0.146. The number of ether oxygens (including phenoxy) is 2. The van der Waals surface area contributed by atoms with Crippen LogP contribution >= 0.6 is 11.8 Å². The van der Waals surface area contributed by atoms with E-state index >= 15 is 0 Å². The smallest absolute Gasteiger partial charge is 0.382 e. The number of aromatic nitrogens is 3. The Hall–Kier alpha value is -2.87. The molecule has 2 heterocycles. The second-order valence-corrected chi connectivity index (χ2v) is 10.3. The van der Waals surface area contributed by atoms with Gasteiger partial charge in [-0.05, 0) is 24.3 Å². The minimum Gasteiger partial charge on any atom is -0.382 e. The van der Waals surface area contributed by atoms with E-state index in [9.17, 15) is 31.4 Å². The number of thioether (sulfide) groups is 1. The molecular formula is C25H23F6N3O3S. The third kappa shape index (κ3) is 6.57. The average Bonchev–Trinajstić information content (AvgIpc) is 3.36. The van der Waals surface area contributed by atoms with E-state index in [4.69, 9.17) is 9.47 Å². The lowest BCUT2D eigenvalue weighted by Gasteiger charge is -2.37. The van der Waals surface area contributed by atoms with Gasteiger partial charge in [0.1, 0.15) is 35.7 Å². The first kappa shape index (κ1) is 28.1. The minimum atomic E-state index is -4.65. The van der Waals surface area contributed by atoms with Crippen LogP contribution < -0.4 is 0 Å². The molecule has 0 spiro atoms. The van der Waals surface area contributed by atoms with Gasteiger partial charge in [-0.25, -0.2) is 22.8 Å². The summed E-state index contributed by atoms with van der Waals surface area (Å²) in [6, 6.07) is 5.16. The molecule has 0 saturated carbocycles. The van der Waals surface area contributed by atoms with E-state index in [0.29, 0.717) is 12.1 Å². The predicted molar refractivity (Wildman–Crippen MR) is 127 cm³/mol. The van der Waals surface area contributed by atoms with Crippen LogP contribution in [0.2, 0.25) is 0 Å². The minimum absolute atomic E-state index is 0.0604. The largest absolute Gasteiger partial charge is 0.416 e. The Bertz CT molecular complexity index is 1270. The van der Waals surface area contributed by atoms with Gasteiger partial charge in [0, 0.05) is 22.4 Å². The van der Waals surface area contributed by atoms with Crippen LogP contribution in [0.5, 0.6) is 0 Å². The zero-order chi connectivity index (χ0) is 27.5. The van der Waals surface area contributed by atoms with Gasteiger partial charge in [-0.15, -0.1) is 11.8 Å². The highest BCUT2D eigenvalue weighted by Gasteiger charge is 2.41. The van der Waals surface area contributed by atoms with Crippen molar-refractivity contribution in [3.8, 4) is 0 Å². The van der Waals surface area contributed by atoms with E-state index in [1.807, 2.05) is 0 Å². The molecule has 0 bridgehead atoms. The van der Waals surface area contributed by atoms with Crippen molar-refractivity contribution >= 4 is 17.8 Å². The lowest BCUT2D eigenvalue weighted by atomic mass is 9.90. The maximum Gasteiger partial charge on any atom is 0.416 e. The highest BCUT2D eigenvalue weighted by atomic mass is 32.2. The Balaban J connectivity index is 1.40. The van der Waals surface area contributed by atoms with E-state index in [0.717, 1.165) is 18.2 Å². The second-order valence-electron chi connectivity index (χ2n) is 8.67. The van der Waals surface area contributed by atoms with Gasteiger partial charge in [0.05, 0.1) is 30.6 Å². The fraction of sp³-hybridized carbons (Fsp3) is 0.360. The number of benzene rings is 2. The Morgan fingerprint density at radius 3 is 2.45 bits per heavy atom. The fourth-order valence-corrected chi connectivity index (χ4v) is 5.27. The molecule has 0 unspecified atom stereocenters. The van der Waals surface area contributed by atoms with Crippen LogP contribution in [-0.4, -0.2) is 49.9 Å². The summed E-state index contributed by atoms with van der Waals surface area (Å²) >= 11 is 1.27. The Morgan fingerprint density at radius 2 is 1.84 bits per heavy atom. The first-order chi connectivity index (χ1) is 18.0. The number of nitrogens with zero attached hydrogens (tertiary/aromatic N) is 3. The third-order valence-electron chi connectivity index (χ3n) is 5.99. The molecule has 1 N–H and O–H groups in total. The van der Waals surface area contributed by atoms with Crippen LogP contribution in [0.25, 0.3) is 6.08 Å². The molecule has 0 aliphatic carbocycles. The van der Waals surface area contributed by atoms with Crippen molar-refractivity contribution in [1.29, 1.82) is 0 Å². The lowest BCUT2D eigenvalue weighted by Crippen LogP contribution is -2.43. The van der Waals surface area contributed by atoms with Crippen LogP contribution in [0.4, 0.5) is 26.3 Å². The molecular weight excluding hydrogens is 536 g/mol. The molecule has 1 aliphatic heterocycles. The molecule has 1 fully saturated rings. The monoisotopic (exact) mass is 559 g/mol. The fourth-order valence-electron chi connectivity index (χ4n) is 3.95. The molecule has 1 aromatic heterocycles. The predicted octanol–water partition coefficient (Wildman–Crippen LogP) is 5.18.